The third-order valence-electron chi connectivity index (χ3n) is 4.24. The second-order valence-corrected chi connectivity index (χ2v) is 6.46. The number of aryl methyl sites for hydroxylation is 1. The summed E-state index contributed by atoms with van der Waals surface area (Å²) in [6, 6.07) is 1.97. The Bertz CT molecular complexity index is 557. The van der Waals surface area contributed by atoms with E-state index in [9.17, 15) is 4.79 Å². The predicted molar refractivity (Wildman–Crippen MR) is 95.7 cm³/mol. The lowest BCUT2D eigenvalue weighted by Gasteiger charge is -2.35. The Morgan fingerprint density at radius 3 is 2.96 bits per heavy atom. The van der Waals surface area contributed by atoms with Crippen LogP contribution in [0.25, 0.3) is 0 Å². The van der Waals surface area contributed by atoms with E-state index in [1.807, 2.05) is 32.0 Å². The number of carbonyl (C=O) groups excluding carboxylic acids is 1. The first-order chi connectivity index (χ1) is 12.0. The van der Waals surface area contributed by atoms with Crippen LogP contribution in [-0.4, -0.2) is 98.9 Å². The molecule has 1 amide bonds. The van der Waals surface area contributed by atoms with Crippen LogP contribution in [0, 0.1) is 6.92 Å². The highest BCUT2D eigenvalue weighted by Gasteiger charge is 2.24. The van der Waals surface area contributed by atoms with Gasteiger partial charge in [0, 0.05) is 52.1 Å². The molecule has 2 rings (SSSR count). The zero-order chi connectivity index (χ0) is 18.2. The minimum Gasteiger partial charge on any atom is -0.383 e. The minimum atomic E-state index is -0.0257. The number of hydrogen-bond acceptors (Lipinski definition) is 7. The lowest BCUT2D eigenvalue weighted by atomic mass is 10.2. The fraction of sp³-hybridized carbons (Fsp3) is 0.706. The van der Waals surface area contributed by atoms with E-state index in [1.165, 1.54) is 0 Å². The van der Waals surface area contributed by atoms with Crippen LogP contribution in [0.5, 0.6) is 0 Å². The summed E-state index contributed by atoms with van der Waals surface area (Å²) in [4.78, 5) is 26.7. The van der Waals surface area contributed by atoms with Crippen LogP contribution in [0.4, 0.5) is 5.82 Å². The smallest absolute Gasteiger partial charge is 0.236 e. The molecule has 1 aliphatic heterocycles. The Kier molecular flexibility index (Phi) is 7.54. The van der Waals surface area contributed by atoms with E-state index in [2.05, 4.69) is 14.9 Å². The lowest BCUT2D eigenvalue weighted by Crippen LogP contribution is -2.49. The number of methoxy groups -OCH3 is 1. The first-order valence-electron chi connectivity index (χ1n) is 8.56. The van der Waals surface area contributed by atoms with E-state index in [0.717, 1.165) is 24.6 Å². The number of likely N-dealkylation sites (N-methyl/N-ethyl adjacent to an activating group) is 2. The van der Waals surface area contributed by atoms with E-state index in [1.54, 1.807) is 18.3 Å². The molecule has 0 N–H and O–H groups in total. The zero-order valence-electron chi connectivity index (χ0n) is 15.6. The van der Waals surface area contributed by atoms with Gasteiger partial charge in [-0.25, -0.2) is 9.97 Å². The second kappa shape index (κ2) is 9.65. The molecule has 1 fully saturated rings. The quantitative estimate of drug-likeness (QED) is 0.654. The van der Waals surface area contributed by atoms with Crippen molar-refractivity contribution in [3.8, 4) is 0 Å². The van der Waals surface area contributed by atoms with Gasteiger partial charge in [0.05, 0.1) is 25.9 Å². The van der Waals surface area contributed by atoms with Crippen molar-refractivity contribution >= 4 is 11.7 Å². The Morgan fingerprint density at radius 2 is 2.24 bits per heavy atom. The molecular formula is C17H29N5O3. The second-order valence-electron chi connectivity index (χ2n) is 6.46. The molecule has 8 nitrogen and oxygen atoms in total. The number of aromatic nitrogens is 2. The van der Waals surface area contributed by atoms with Crippen LogP contribution < -0.4 is 4.90 Å². The minimum absolute atomic E-state index is 0.0257. The first-order valence-corrected chi connectivity index (χ1v) is 8.56. The van der Waals surface area contributed by atoms with Gasteiger partial charge >= 0.3 is 0 Å². The molecule has 1 atom stereocenters. The summed E-state index contributed by atoms with van der Waals surface area (Å²) in [5, 5.41) is 0. The molecule has 1 saturated heterocycles. The number of anilines is 1. The van der Waals surface area contributed by atoms with E-state index >= 15 is 0 Å². The SMILES string of the molecule is COCCN(C)CC(=O)N(C)CC1CN(c2cc(C)ncn2)CCO1. The Balaban J connectivity index is 1.83. The van der Waals surface area contributed by atoms with Crippen molar-refractivity contribution in [1.29, 1.82) is 0 Å². The maximum absolute atomic E-state index is 12.3. The third kappa shape index (κ3) is 6.22. The van der Waals surface area contributed by atoms with Gasteiger partial charge in [-0.05, 0) is 14.0 Å². The van der Waals surface area contributed by atoms with E-state index in [0.29, 0.717) is 32.8 Å². The van der Waals surface area contributed by atoms with Crippen LogP contribution >= 0.6 is 0 Å². The van der Waals surface area contributed by atoms with Crippen molar-refractivity contribution in [1.82, 2.24) is 19.8 Å². The number of nitrogens with zero attached hydrogens (tertiary/aromatic N) is 5. The first kappa shape index (κ1) is 19.6. The third-order valence-corrected chi connectivity index (χ3v) is 4.24. The average molecular weight is 351 g/mol. The van der Waals surface area contributed by atoms with Gasteiger partial charge < -0.3 is 19.3 Å². The lowest BCUT2D eigenvalue weighted by molar-refractivity contribution is -0.132. The molecule has 1 unspecified atom stereocenters. The van der Waals surface area contributed by atoms with Gasteiger partial charge in [-0.2, -0.15) is 0 Å². The maximum atomic E-state index is 12.3. The Labute approximate surface area is 149 Å². The summed E-state index contributed by atoms with van der Waals surface area (Å²) in [5.74, 6) is 0.992. The largest absolute Gasteiger partial charge is 0.383 e. The summed E-state index contributed by atoms with van der Waals surface area (Å²) < 4.78 is 10.9. The molecule has 25 heavy (non-hydrogen) atoms. The summed E-state index contributed by atoms with van der Waals surface area (Å²) in [6.45, 7) is 6.39. The van der Waals surface area contributed by atoms with Gasteiger partial charge in [0.2, 0.25) is 5.91 Å². The molecule has 0 spiro atoms. The van der Waals surface area contributed by atoms with Gasteiger partial charge in [0.15, 0.2) is 0 Å². The number of carbonyl (C=O) groups is 1. The van der Waals surface area contributed by atoms with Gasteiger partial charge in [-0.15, -0.1) is 0 Å². The number of ether oxygens (including phenoxy) is 2. The van der Waals surface area contributed by atoms with Crippen molar-refractivity contribution in [3.05, 3.63) is 18.1 Å². The van der Waals surface area contributed by atoms with Crippen LogP contribution in [0.1, 0.15) is 5.69 Å². The van der Waals surface area contributed by atoms with Crippen LogP contribution in [0.15, 0.2) is 12.4 Å². The molecule has 0 saturated carbocycles. The van der Waals surface area contributed by atoms with Crippen molar-refractivity contribution in [2.75, 3.05) is 72.0 Å². The highest BCUT2D eigenvalue weighted by Crippen LogP contribution is 2.15. The molecule has 0 bridgehead atoms. The summed E-state index contributed by atoms with van der Waals surface area (Å²) >= 11 is 0. The standard InChI is InChI=1S/C17H29N5O3/c1-14-9-16(19-13-18-14)22-6-8-25-15(11-22)10-21(3)17(23)12-20(2)5-7-24-4/h9,13,15H,5-8,10-12H2,1-4H3. The van der Waals surface area contributed by atoms with Gasteiger partial charge in [-0.3, -0.25) is 9.69 Å². The molecule has 1 aliphatic rings. The van der Waals surface area contributed by atoms with E-state index in [4.69, 9.17) is 9.47 Å². The van der Waals surface area contributed by atoms with Gasteiger partial charge in [0.25, 0.3) is 0 Å². The van der Waals surface area contributed by atoms with Crippen LogP contribution in [0.3, 0.4) is 0 Å². The summed E-state index contributed by atoms with van der Waals surface area (Å²) in [7, 11) is 5.40. The molecule has 0 aromatic carbocycles. The topological polar surface area (TPSA) is 71.0 Å². The van der Waals surface area contributed by atoms with Gasteiger partial charge in [0.1, 0.15) is 12.1 Å². The number of amides is 1. The van der Waals surface area contributed by atoms with Crippen LogP contribution in [0.2, 0.25) is 0 Å². The molecule has 1 aromatic rings. The van der Waals surface area contributed by atoms with Crippen molar-refractivity contribution in [2.24, 2.45) is 0 Å². The molecule has 140 valence electrons. The van der Waals surface area contributed by atoms with Crippen molar-refractivity contribution < 1.29 is 14.3 Å². The maximum Gasteiger partial charge on any atom is 0.236 e. The molecule has 2 heterocycles. The summed E-state index contributed by atoms with van der Waals surface area (Å²) in [6.07, 6.45) is 1.56. The number of morpholine rings is 1. The summed E-state index contributed by atoms with van der Waals surface area (Å²) in [5.41, 5.74) is 0.944. The van der Waals surface area contributed by atoms with E-state index in [-0.39, 0.29) is 12.0 Å². The Morgan fingerprint density at radius 1 is 1.44 bits per heavy atom. The average Bonchev–Trinajstić information content (AvgIpc) is 2.60. The zero-order valence-corrected chi connectivity index (χ0v) is 15.6. The highest BCUT2D eigenvalue weighted by atomic mass is 16.5. The molecule has 1 aromatic heterocycles. The van der Waals surface area contributed by atoms with Gasteiger partial charge in [-0.1, -0.05) is 0 Å². The molecule has 0 aliphatic carbocycles. The number of rotatable bonds is 8. The van der Waals surface area contributed by atoms with Crippen molar-refractivity contribution in [3.63, 3.8) is 0 Å². The predicted octanol–water partition coefficient (Wildman–Crippen LogP) is 0.0268. The normalized spacial score (nSPS) is 17.8. The Hall–Kier alpha value is -1.77. The fourth-order valence-corrected chi connectivity index (χ4v) is 2.74. The molecular weight excluding hydrogens is 322 g/mol. The monoisotopic (exact) mass is 351 g/mol. The number of hydrogen-bond donors (Lipinski definition) is 0. The van der Waals surface area contributed by atoms with Crippen molar-refractivity contribution in [2.45, 2.75) is 13.0 Å². The van der Waals surface area contributed by atoms with Crippen LogP contribution in [-0.2, 0) is 14.3 Å². The molecule has 8 heteroatoms. The van der Waals surface area contributed by atoms with E-state index < -0.39 is 0 Å². The fourth-order valence-electron chi connectivity index (χ4n) is 2.74. The molecule has 0 radical (unpaired) electrons. The highest BCUT2D eigenvalue weighted by molar-refractivity contribution is 5.78.